The zero-order valence-electron chi connectivity index (χ0n) is 16.7. The Morgan fingerprint density at radius 3 is 2.69 bits per heavy atom. The Hall–Kier alpha value is -2.53. The van der Waals surface area contributed by atoms with Gasteiger partial charge in [0.15, 0.2) is 18.1 Å². The van der Waals surface area contributed by atoms with E-state index in [4.69, 9.17) is 16.3 Å². The molecule has 8 nitrogen and oxygen atoms in total. The quantitative estimate of drug-likeness (QED) is 0.642. The Kier molecular flexibility index (Phi) is 4.82. The van der Waals surface area contributed by atoms with Gasteiger partial charge in [0, 0.05) is 28.7 Å². The van der Waals surface area contributed by atoms with Gasteiger partial charge in [0.1, 0.15) is 0 Å². The van der Waals surface area contributed by atoms with Crippen molar-refractivity contribution in [2.75, 3.05) is 6.61 Å². The number of carbonyl (C=O) groups is 1. The molecule has 1 aromatic carbocycles. The van der Waals surface area contributed by atoms with Crippen molar-refractivity contribution >= 4 is 17.5 Å². The molecule has 1 amide bonds. The van der Waals surface area contributed by atoms with Crippen molar-refractivity contribution in [3.05, 3.63) is 35.1 Å². The summed E-state index contributed by atoms with van der Waals surface area (Å²) in [5.41, 5.74) is 0.155. The molecule has 0 unspecified atom stereocenters. The minimum Gasteiger partial charge on any atom is -0.504 e. The summed E-state index contributed by atoms with van der Waals surface area (Å²) in [6.45, 7) is -0.236. The molecule has 32 heavy (non-hydrogen) atoms. The molecular weight excluding hydrogens is 453 g/mol. The van der Waals surface area contributed by atoms with Crippen LogP contribution < -0.4 is 10.1 Å². The molecular formula is C20H20ClF3N4O4. The Bertz CT molecular complexity index is 1030. The third-order valence-corrected chi connectivity index (χ3v) is 6.73. The number of carbonyl (C=O) groups excluding carboxylic acids is 1. The van der Waals surface area contributed by atoms with Crippen molar-refractivity contribution in [3.63, 3.8) is 0 Å². The van der Waals surface area contributed by atoms with E-state index >= 15 is 0 Å². The van der Waals surface area contributed by atoms with Crippen LogP contribution in [0.4, 0.5) is 13.2 Å². The number of halogens is 4. The molecule has 4 saturated carbocycles. The molecule has 0 radical (unpaired) electrons. The Morgan fingerprint density at radius 2 is 2.03 bits per heavy atom. The molecule has 2 N–H and O–H groups in total. The molecule has 0 aliphatic heterocycles. The molecule has 4 fully saturated rings. The van der Waals surface area contributed by atoms with Crippen molar-refractivity contribution in [1.29, 1.82) is 0 Å². The van der Waals surface area contributed by atoms with Crippen molar-refractivity contribution in [3.8, 4) is 11.5 Å². The van der Waals surface area contributed by atoms with E-state index in [1.54, 1.807) is 16.9 Å². The van der Waals surface area contributed by atoms with Crippen LogP contribution >= 0.6 is 11.6 Å². The number of benzene rings is 1. The topological polar surface area (TPSA) is 98.5 Å². The van der Waals surface area contributed by atoms with Gasteiger partial charge in [-0.15, -0.1) is 18.3 Å². The van der Waals surface area contributed by atoms with Gasteiger partial charge in [0.25, 0.3) is 5.91 Å². The summed E-state index contributed by atoms with van der Waals surface area (Å²) in [5.74, 6) is -0.345. The average molecular weight is 473 g/mol. The lowest BCUT2D eigenvalue weighted by Gasteiger charge is -2.69. The SMILES string of the molecule is O=C(COc1ccc(Cl)cc1O)NC12CC(n3cc(C4CC(OC(F)(F)F)C4)nn3)(C1)C2. The van der Waals surface area contributed by atoms with E-state index in [1.165, 1.54) is 12.1 Å². The second-order valence-corrected chi connectivity index (χ2v) is 9.36. The van der Waals surface area contributed by atoms with E-state index in [2.05, 4.69) is 20.4 Å². The number of nitrogens with zero attached hydrogens (tertiary/aromatic N) is 3. The summed E-state index contributed by atoms with van der Waals surface area (Å²) in [6.07, 6.45) is -0.996. The predicted molar refractivity (Wildman–Crippen MR) is 104 cm³/mol. The van der Waals surface area contributed by atoms with Crippen molar-refractivity contribution in [1.82, 2.24) is 20.3 Å². The van der Waals surface area contributed by atoms with Gasteiger partial charge in [-0.3, -0.25) is 9.53 Å². The standard InChI is InChI=1S/C20H20ClF3N4O4/c21-12-1-2-16(15(29)5-12)31-7-17(30)25-18-8-19(9-18,10-18)28-6-14(26-27-28)11-3-13(4-11)32-20(22,23)24/h1-2,5-6,11,13,29H,3-4,7-10H2,(H,25,30). The number of hydrogen-bond donors (Lipinski definition) is 2. The number of hydrogen-bond acceptors (Lipinski definition) is 6. The Balaban J connectivity index is 1.09. The molecule has 6 rings (SSSR count). The number of aromatic nitrogens is 3. The monoisotopic (exact) mass is 472 g/mol. The molecule has 0 saturated heterocycles. The third kappa shape index (κ3) is 3.88. The van der Waals surface area contributed by atoms with E-state index in [0.717, 1.165) is 0 Å². The molecule has 172 valence electrons. The third-order valence-electron chi connectivity index (χ3n) is 6.50. The van der Waals surface area contributed by atoms with E-state index in [9.17, 15) is 23.1 Å². The molecule has 2 aromatic rings. The maximum absolute atomic E-state index is 12.3. The van der Waals surface area contributed by atoms with Crippen LogP contribution in [0.2, 0.25) is 5.02 Å². The summed E-state index contributed by atoms with van der Waals surface area (Å²) < 4.78 is 47.9. The van der Waals surface area contributed by atoms with Crippen LogP contribution in [0.5, 0.6) is 11.5 Å². The van der Waals surface area contributed by atoms with E-state index in [1.807, 2.05) is 0 Å². The highest BCUT2D eigenvalue weighted by Crippen LogP contribution is 2.65. The van der Waals surface area contributed by atoms with Gasteiger partial charge in [-0.25, -0.2) is 4.68 Å². The first kappa shape index (κ1) is 21.3. The van der Waals surface area contributed by atoms with Crippen LogP contribution in [0.25, 0.3) is 0 Å². The lowest BCUT2D eigenvalue weighted by Crippen LogP contribution is -2.79. The largest absolute Gasteiger partial charge is 0.522 e. The van der Waals surface area contributed by atoms with Gasteiger partial charge in [0.2, 0.25) is 0 Å². The lowest BCUT2D eigenvalue weighted by atomic mass is 9.44. The van der Waals surface area contributed by atoms with Gasteiger partial charge in [0.05, 0.1) is 17.3 Å². The normalized spacial score (nSPS) is 30.6. The highest BCUT2D eigenvalue weighted by atomic mass is 35.5. The molecule has 1 heterocycles. The summed E-state index contributed by atoms with van der Waals surface area (Å²) in [6, 6.07) is 4.38. The number of nitrogens with one attached hydrogen (secondary N) is 1. The van der Waals surface area contributed by atoms with Gasteiger partial charge in [-0.2, -0.15) is 0 Å². The smallest absolute Gasteiger partial charge is 0.504 e. The molecule has 2 bridgehead atoms. The predicted octanol–water partition coefficient (Wildman–Crippen LogP) is 3.25. The lowest BCUT2D eigenvalue weighted by molar-refractivity contribution is -0.351. The minimum absolute atomic E-state index is 0.0847. The van der Waals surface area contributed by atoms with Crippen LogP contribution in [0.1, 0.15) is 43.7 Å². The van der Waals surface area contributed by atoms with E-state index in [0.29, 0.717) is 30.0 Å². The first-order valence-electron chi connectivity index (χ1n) is 10.1. The molecule has 4 aliphatic rings. The zero-order chi connectivity index (χ0) is 22.7. The highest BCUT2D eigenvalue weighted by Gasteiger charge is 2.70. The maximum Gasteiger partial charge on any atom is 0.522 e. The number of phenols is 1. The number of aromatic hydroxyl groups is 1. The highest BCUT2D eigenvalue weighted by molar-refractivity contribution is 6.30. The van der Waals surface area contributed by atoms with Crippen molar-refractivity contribution < 1.29 is 32.5 Å². The molecule has 0 atom stereocenters. The van der Waals surface area contributed by atoms with Crippen LogP contribution in [0.15, 0.2) is 24.4 Å². The summed E-state index contributed by atoms with van der Waals surface area (Å²) in [5, 5.41) is 21.4. The van der Waals surface area contributed by atoms with Crippen molar-refractivity contribution in [2.24, 2.45) is 0 Å². The van der Waals surface area contributed by atoms with Crippen LogP contribution in [-0.2, 0) is 15.1 Å². The second-order valence-electron chi connectivity index (χ2n) is 8.93. The van der Waals surface area contributed by atoms with Gasteiger partial charge >= 0.3 is 6.36 Å². The minimum atomic E-state index is -4.61. The number of alkyl halides is 3. The fourth-order valence-corrected chi connectivity index (χ4v) is 5.15. The number of ether oxygens (including phenoxy) is 2. The van der Waals surface area contributed by atoms with Gasteiger partial charge < -0.3 is 15.2 Å². The van der Waals surface area contributed by atoms with E-state index < -0.39 is 12.5 Å². The first-order chi connectivity index (χ1) is 15.0. The summed E-state index contributed by atoms with van der Waals surface area (Å²) in [4.78, 5) is 12.3. The Labute approximate surface area is 185 Å². The maximum atomic E-state index is 12.3. The number of rotatable bonds is 7. The molecule has 4 aliphatic carbocycles. The van der Waals surface area contributed by atoms with E-state index in [-0.39, 0.29) is 53.9 Å². The zero-order valence-corrected chi connectivity index (χ0v) is 17.5. The summed E-state index contributed by atoms with van der Waals surface area (Å²) >= 11 is 5.77. The fourth-order valence-electron chi connectivity index (χ4n) is 4.99. The fraction of sp³-hybridized carbons (Fsp3) is 0.550. The molecule has 12 heteroatoms. The average Bonchev–Trinajstić information content (AvgIpc) is 3.07. The summed E-state index contributed by atoms with van der Waals surface area (Å²) in [7, 11) is 0. The van der Waals surface area contributed by atoms with Crippen LogP contribution in [0, 0.1) is 0 Å². The van der Waals surface area contributed by atoms with Crippen LogP contribution in [0.3, 0.4) is 0 Å². The van der Waals surface area contributed by atoms with Crippen LogP contribution in [-0.4, -0.2) is 50.6 Å². The van der Waals surface area contributed by atoms with Gasteiger partial charge in [-0.05, 0) is 44.2 Å². The second kappa shape index (κ2) is 7.24. The van der Waals surface area contributed by atoms with Crippen molar-refractivity contribution in [2.45, 2.75) is 61.6 Å². The Morgan fingerprint density at radius 1 is 1.31 bits per heavy atom. The molecule has 1 aromatic heterocycles. The number of amides is 1. The molecule has 0 spiro atoms. The first-order valence-corrected chi connectivity index (χ1v) is 10.5. The van der Waals surface area contributed by atoms with Gasteiger partial charge in [-0.1, -0.05) is 16.8 Å². The number of phenolic OH excluding ortho intramolecular Hbond substituents is 1.